The lowest BCUT2D eigenvalue weighted by atomic mass is 10.1. The van der Waals surface area contributed by atoms with Crippen molar-refractivity contribution in [1.29, 1.82) is 0 Å². The minimum atomic E-state index is -0.820. The molecule has 1 aromatic heterocycles. The predicted molar refractivity (Wildman–Crippen MR) is 94.5 cm³/mol. The second-order valence-corrected chi connectivity index (χ2v) is 5.73. The monoisotopic (exact) mass is 366 g/mol. The molecule has 3 rings (SSSR count). The van der Waals surface area contributed by atoms with E-state index in [0.717, 1.165) is 0 Å². The Morgan fingerprint density at radius 2 is 1.74 bits per heavy atom. The van der Waals surface area contributed by atoms with E-state index in [1.54, 1.807) is 26.0 Å². The smallest absolute Gasteiger partial charge is 0.381 e. The minimum Gasteiger partial charge on any atom is -0.507 e. The predicted octanol–water partition coefficient (Wildman–Crippen LogP) is 2.99. The van der Waals surface area contributed by atoms with Crippen molar-refractivity contribution in [2.75, 3.05) is 0 Å². The van der Waals surface area contributed by atoms with Gasteiger partial charge in [0.1, 0.15) is 17.8 Å². The van der Waals surface area contributed by atoms with Gasteiger partial charge >= 0.3 is 5.97 Å². The van der Waals surface area contributed by atoms with E-state index in [9.17, 15) is 20.0 Å². The van der Waals surface area contributed by atoms with Gasteiger partial charge in [-0.2, -0.15) is 0 Å². The zero-order valence-electron chi connectivity index (χ0n) is 14.4. The molecule has 0 spiro atoms. The Morgan fingerprint density at radius 3 is 2.33 bits per heavy atom. The lowest BCUT2D eigenvalue weighted by molar-refractivity contribution is -0.384. The van der Waals surface area contributed by atoms with Crippen LogP contribution in [0, 0.1) is 24.0 Å². The van der Waals surface area contributed by atoms with Crippen molar-refractivity contribution < 1.29 is 19.6 Å². The molecule has 0 radical (unpaired) electrons. The number of carbonyl (C=O) groups is 1. The molecular weight excluding hydrogens is 352 g/mol. The molecule has 0 amide bonds. The maximum atomic E-state index is 12.3. The number of nitro groups is 1. The van der Waals surface area contributed by atoms with Gasteiger partial charge in [-0.25, -0.2) is 19.7 Å². The number of nitrogens with zero attached hydrogens (tertiary/aromatic N) is 4. The molecule has 136 valence electrons. The molecule has 0 saturated carbocycles. The van der Waals surface area contributed by atoms with E-state index in [1.165, 1.54) is 30.6 Å². The van der Waals surface area contributed by atoms with Gasteiger partial charge in [0.25, 0.3) is 5.69 Å². The summed E-state index contributed by atoms with van der Waals surface area (Å²) in [6, 6.07) is 8.47. The van der Waals surface area contributed by atoms with Gasteiger partial charge in [-0.1, -0.05) is 0 Å². The topological polar surface area (TPSA) is 128 Å². The second-order valence-electron chi connectivity index (χ2n) is 5.73. The largest absolute Gasteiger partial charge is 0.507 e. The third-order valence-corrected chi connectivity index (χ3v) is 3.76. The minimum absolute atomic E-state index is 0.115. The summed E-state index contributed by atoms with van der Waals surface area (Å²) in [7, 11) is 0. The van der Waals surface area contributed by atoms with E-state index in [1.807, 2.05) is 0 Å². The number of phenolic OH excluding ortho intramolecular Hbond substituents is 1. The summed E-state index contributed by atoms with van der Waals surface area (Å²) in [5.41, 5.74) is 1.81. The number of hydrogen-bond acceptors (Lipinski definition) is 8. The Hall–Kier alpha value is -3.88. The summed E-state index contributed by atoms with van der Waals surface area (Å²) in [5.74, 6) is -0.456. The second kappa shape index (κ2) is 7.16. The van der Waals surface area contributed by atoms with Gasteiger partial charge in [-0.3, -0.25) is 10.1 Å². The molecule has 0 saturated heterocycles. The SMILES string of the molecule is Cc1cc(-c2ncnc(C(=O)Oc3ccc([N+](=O)[O-])cc3)n2)cc(C)c1O. The van der Waals surface area contributed by atoms with Crippen molar-refractivity contribution in [3.05, 3.63) is 69.8 Å². The quantitative estimate of drug-likeness (QED) is 0.323. The summed E-state index contributed by atoms with van der Waals surface area (Å²) >= 11 is 0. The van der Waals surface area contributed by atoms with E-state index < -0.39 is 10.9 Å². The summed E-state index contributed by atoms with van der Waals surface area (Å²) < 4.78 is 5.14. The third-order valence-electron chi connectivity index (χ3n) is 3.76. The van der Waals surface area contributed by atoms with Gasteiger partial charge in [0.15, 0.2) is 5.82 Å². The summed E-state index contributed by atoms with van der Waals surface area (Å²) in [6.07, 6.45) is 1.19. The maximum absolute atomic E-state index is 12.3. The standard InChI is InChI=1S/C18H14N4O5/c1-10-7-12(8-11(2)15(10)23)16-19-9-20-17(21-16)18(24)27-14-5-3-13(4-6-14)22(25)26/h3-9,23H,1-2H3. The number of ether oxygens (including phenoxy) is 1. The molecule has 0 atom stereocenters. The van der Waals surface area contributed by atoms with Crippen LogP contribution in [0.4, 0.5) is 5.69 Å². The van der Waals surface area contributed by atoms with Gasteiger partial charge in [-0.15, -0.1) is 0 Å². The Bertz CT molecular complexity index is 1010. The van der Waals surface area contributed by atoms with Crippen molar-refractivity contribution in [3.63, 3.8) is 0 Å². The number of esters is 1. The molecule has 1 heterocycles. The highest BCUT2D eigenvalue weighted by Crippen LogP contribution is 2.27. The molecule has 1 N–H and O–H groups in total. The average Bonchev–Trinajstić information content (AvgIpc) is 2.66. The number of aromatic hydroxyl groups is 1. The van der Waals surface area contributed by atoms with Crippen LogP contribution < -0.4 is 4.74 Å². The van der Waals surface area contributed by atoms with Crippen molar-refractivity contribution in [3.8, 4) is 22.9 Å². The first-order chi connectivity index (χ1) is 12.8. The van der Waals surface area contributed by atoms with Crippen LogP contribution >= 0.6 is 0 Å². The van der Waals surface area contributed by atoms with E-state index in [4.69, 9.17) is 4.74 Å². The number of rotatable bonds is 4. The van der Waals surface area contributed by atoms with Crippen molar-refractivity contribution >= 4 is 11.7 Å². The molecule has 9 nitrogen and oxygen atoms in total. The van der Waals surface area contributed by atoms with Crippen LogP contribution in [-0.2, 0) is 0 Å². The zero-order valence-corrected chi connectivity index (χ0v) is 14.4. The molecule has 0 fully saturated rings. The van der Waals surface area contributed by atoms with Gasteiger partial charge in [0.05, 0.1) is 4.92 Å². The molecule has 27 heavy (non-hydrogen) atoms. The van der Waals surface area contributed by atoms with Gasteiger partial charge in [0.2, 0.25) is 5.82 Å². The van der Waals surface area contributed by atoms with E-state index in [0.29, 0.717) is 16.7 Å². The Morgan fingerprint density at radius 1 is 1.11 bits per heavy atom. The van der Waals surface area contributed by atoms with Crippen molar-refractivity contribution in [1.82, 2.24) is 15.0 Å². The number of hydrogen-bond donors (Lipinski definition) is 1. The Balaban J connectivity index is 1.84. The summed E-state index contributed by atoms with van der Waals surface area (Å²) in [4.78, 5) is 34.3. The van der Waals surface area contributed by atoms with Crippen LogP contribution in [0.15, 0.2) is 42.7 Å². The first-order valence-corrected chi connectivity index (χ1v) is 7.81. The summed E-state index contributed by atoms with van der Waals surface area (Å²) in [5, 5.41) is 20.5. The van der Waals surface area contributed by atoms with Crippen LogP contribution in [0.1, 0.15) is 21.7 Å². The van der Waals surface area contributed by atoms with Crippen LogP contribution in [0.25, 0.3) is 11.4 Å². The molecule has 9 heteroatoms. The molecule has 2 aromatic carbocycles. The van der Waals surface area contributed by atoms with Crippen molar-refractivity contribution in [2.24, 2.45) is 0 Å². The van der Waals surface area contributed by atoms with Crippen LogP contribution in [0.2, 0.25) is 0 Å². The van der Waals surface area contributed by atoms with Crippen LogP contribution in [-0.4, -0.2) is 31.0 Å². The number of aromatic nitrogens is 3. The Labute approximate surface area is 153 Å². The number of nitro benzene ring substituents is 1. The first kappa shape index (κ1) is 17.9. The van der Waals surface area contributed by atoms with Gasteiger partial charge in [-0.05, 0) is 49.2 Å². The normalized spacial score (nSPS) is 10.4. The highest BCUT2D eigenvalue weighted by Gasteiger charge is 2.16. The number of non-ortho nitro benzene ring substituents is 1. The van der Waals surface area contributed by atoms with Crippen molar-refractivity contribution in [2.45, 2.75) is 13.8 Å². The van der Waals surface area contributed by atoms with E-state index in [2.05, 4.69) is 15.0 Å². The van der Waals surface area contributed by atoms with E-state index in [-0.39, 0.29) is 28.8 Å². The molecule has 0 bridgehead atoms. The Kier molecular flexibility index (Phi) is 4.75. The first-order valence-electron chi connectivity index (χ1n) is 7.81. The fourth-order valence-electron chi connectivity index (χ4n) is 2.41. The molecule has 3 aromatic rings. The third kappa shape index (κ3) is 3.87. The molecule has 0 aliphatic carbocycles. The highest BCUT2D eigenvalue weighted by molar-refractivity contribution is 5.87. The van der Waals surface area contributed by atoms with Gasteiger partial charge in [0, 0.05) is 17.7 Å². The maximum Gasteiger partial charge on any atom is 0.381 e. The molecular formula is C18H14N4O5. The van der Waals surface area contributed by atoms with Crippen LogP contribution in [0.3, 0.4) is 0 Å². The van der Waals surface area contributed by atoms with E-state index >= 15 is 0 Å². The van der Waals surface area contributed by atoms with Gasteiger partial charge < -0.3 is 9.84 Å². The number of aryl methyl sites for hydroxylation is 2. The molecule has 0 aliphatic heterocycles. The number of benzene rings is 2. The lowest BCUT2D eigenvalue weighted by Crippen LogP contribution is -2.14. The highest BCUT2D eigenvalue weighted by atomic mass is 16.6. The average molecular weight is 366 g/mol. The fraction of sp³-hybridized carbons (Fsp3) is 0.111. The zero-order chi connectivity index (χ0) is 19.6. The molecule has 0 aliphatic rings. The lowest BCUT2D eigenvalue weighted by Gasteiger charge is -2.08. The number of carbonyl (C=O) groups excluding carboxylic acids is 1. The summed E-state index contributed by atoms with van der Waals surface area (Å²) in [6.45, 7) is 3.49. The fourth-order valence-corrected chi connectivity index (χ4v) is 2.41. The number of phenols is 1. The molecule has 0 unspecified atom stereocenters. The van der Waals surface area contributed by atoms with Crippen LogP contribution in [0.5, 0.6) is 11.5 Å².